The van der Waals surface area contributed by atoms with E-state index in [2.05, 4.69) is 19.9 Å². The molecule has 2 aromatic heterocycles. The van der Waals surface area contributed by atoms with Crippen LogP contribution in [-0.2, 0) is 0 Å². The number of nitrogens with one attached hydrogen (secondary N) is 1. The number of H-pyrrole nitrogens is 1. The fourth-order valence-electron chi connectivity index (χ4n) is 1.95. The molecule has 0 fully saturated rings. The van der Waals surface area contributed by atoms with Gasteiger partial charge in [-0.15, -0.1) is 0 Å². The molecule has 3 aromatic rings. The summed E-state index contributed by atoms with van der Waals surface area (Å²) < 4.78 is 0. The van der Waals surface area contributed by atoms with Crippen LogP contribution in [0.1, 0.15) is 12.0 Å². The maximum absolute atomic E-state index is 9.15. The van der Waals surface area contributed by atoms with Crippen molar-refractivity contribution in [3.05, 3.63) is 53.7 Å². The lowest BCUT2D eigenvalue weighted by Crippen LogP contribution is -1.99. The van der Waals surface area contributed by atoms with E-state index in [9.17, 15) is 0 Å². The summed E-state index contributed by atoms with van der Waals surface area (Å²) in [6.07, 6.45) is 3.01. The first-order valence-corrected chi connectivity index (χ1v) is 6.50. The van der Waals surface area contributed by atoms with Gasteiger partial charge in [-0.2, -0.15) is 0 Å². The molecular formula is C14H11ClN4O2. The summed E-state index contributed by atoms with van der Waals surface area (Å²) in [6.45, 7) is 0. The van der Waals surface area contributed by atoms with Gasteiger partial charge in [-0.1, -0.05) is 17.7 Å². The molecule has 7 heteroatoms. The molecule has 0 aliphatic rings. The molecule has 0 saturated carbocycles. The highest BCUT2D eigenvalue weighted by atomic mass is 35.5. The van der Waals surface area contributed by atoms with Gasteiger partial charge in [-0.05, 0) is 18.2 Å². The van der Waals surface area contributed by atoms with Crippen molar-refractivity contribution in [2.24, 2.45) is 0 Å². The van der Waals surface area contributed by atoms with Crippen LogP contribution in [0, 0.1) is 0 Å². The molecule has 0 amide bonds. The molecule has 0 radical (unpaired) electrons. The summed E-state index contributed by atoms with van der Waals surface area (Å²) in [5, 5.41) is 18.8. The standard InChI is InChI=1S/C14H11ClN4O2/c15-10-5-8(1-2-9(10)13-16-3-4-17-13)11-6-12(14(20)21)19-7-18-11/h1-7,14,20-21H,(H,16,17). The van der Waals surface area contributed by atoms with Gasteiger partial charge < -0.3 is 15.2 Å². The zero-order valence-electron chi connectivity index (χ0n) is 10.7. The van der Waals surface area contributed by atoms with E-state index in [-0.39, 0.29) is 5.69 Å². The number of halogens is 1. The van der Waals surface area contributed by atoms with Gasteiger partial charge in [0.1, 0.15) is 12.2 Å². The normalized spacial score (nSPS) is 11.0. The summed E-state index contributed by atoms with van der Waals surface area (Å²) in [6, 6.07) is 6.91. The molecule has 0 aliphatic carbocycles. The Morgan fingerprint density at radius 3 is 2.62 bits per heavy atom. The number of aliphatic hydroxyl groups is 2. The van der Waals surface area contributed by atoms with Gasteiger partial charge in [0.25, 0.3) is 0 Å². The number of aromatic amines is 1. The lowest BCUT2D eigenvalue weighted by atomic mass is 10.1. The molecule has 0 unspecified atom stereocenters. The molecule has 2 heterocycles. The molecule has 106 valence electrons. The first-order chi connectivity index (χ1) is 10.1. The number of nitrogens with zero attached hydrogens (tertiary/aromatic N) is 3. The topological polar surface area (TPSA) is 94.9 Å². The number of imidazole rings is 1. The van der Waals surface area contributed by atoms with Crippen LogP contribution in [-0.4, -0.2) is 30.1 Å². The number of aromatic nitrogens is 4. The van der Waals surface area contributed by atoms with E-state index in [1.165, 1.54) is 12.4 Å². The molecule has 0 saturated heterocycles. The van der Waals surface area contributed by atoms with Crippen LogP contribution in [0.5, 0.6) is 0 Å². The van der Waals surface area contributed by atoms with Gasteiger partial charge in [0.2, 0.25) is 0 Å². The van der Waals surface area contributed by atoms with E-state index < -0.39 is 6.29 Å². The zero-order valence-corrected chi connectivity index (χ0v) is 11.5. The molecule has 3 N–H and O–H groups in total. The Morgan fingerprint density at radius 2 is 1.95 bits per heavy atom. The highest BCUT2D eigenvalue weighted by molar-refractivity contribution is 6.33. The van der Waals surface area contributed by atoms with E-state index in [4.69, 9.17) is 21.8 Å². The van der Waals surface area contributed by atoms with E-state index in [0.29, 0.717) is 16.5 Å². The van der Waals surface area contributed by atoms with Crippen LogP contribution in [0.3, 0.4) is 0 Å². The number of hydrogen-bond donors (Lipinski definition) is 3. The second kappa shape index (κ2) is 5.61. The molecule has 3 rings (SSSR count). The summed E-state index contributed by atoms with van der Waals surface area (Å²) >= 11 is 6.27. The van der Waals surface area contributed by atoms with Gasteiger partial charge in [0.05, 0.1) is 16.4 Å². The Kier molecular flexibility index (Phi) is 3.66. The van der Waals surface area contributed by atoms with Gasteiger partial charge in [-0.25, -0.2) is 15.0 Å². The summed E-state index contributed by atoms with van der Waals surface area (Å²) in [7, 11) is 0. The fourth-order valence-corrected chi connectivity index (χ4v) is 2.22. The van der Waals surface area contributed by atoms with Crippen LogP contribution < -0.4 is 0 Å². The highest BCUT2D eigenvalue weighted by Crippen LogP contribution is 2.30. The minimum atomic E-state index is -1.63. The fraction of sp³-hybridized carbons (Fsp3) is 0.0714. The number of aliphatic hydroxyl groups excluding tert-OH is 1. The molecule has 0 spiro atoms. The molecule has 0 bridgehead atoms. The summed E-state index contributed by atoms with van der Waals surface area (Å²) in [5.74, 6) is 0.681. The van der Waals surface area contributed by atoms with E-state index >= 15 is 0 Å². The molecular weight excluding hydrogens is 292 g/mol. The van der Waals surface area contributed by atoms with E-state index in [0.717, 1.165) is 11.1 Å². The Bertz CT molecular complexity index is 759. The maximum atomic E-state index is 9.15. The molecule has 0 aliphatic heterocycles. The quantitative estimate of drug-likeness (QED) is 0.645. The lowest BCUT2D eigenvalue weighted by Gasteiger charge is -2.07. The predicted octanol–water partition coefficient (Wildman–Crippen LogP) is 2.17. The van der Waals surface area contributed by atoms with Crippen LogP contribution in [0.25, 0.3) is 22.6 Å². The maximum Gasteiger partial charge on any atom is 0.196 e. The molecule has 0 atom stereocenters. The minimum Gasteiger partial charge on any atom is -0.363 e. The zero-order chi connectivity index (χ0) is 14.8. The predicted molar refractivity (Wildman–Crippen MR) is 77.2 cm³/mol. The third-order valence-electron chi connectivity index (χ3n) is 2.97. The van der Waals surface area contributed by atoms with Crippen molar-refractivity contribution in [1.29, 1.82) is 0 Å². The smallest absolute Gasteiger partial charge is 0.196 e. The third kappa shape index (κ3) is 2.78. The van der Waals surface area contributed by atoms with Crippen LogP contribution in [0.2, 0.25) is 5.02 Å². The molecule has 6 nitrogen and oxygen atoms in total. The van der Waals surface area contributed by atoms with Gasteiger partial charge in [0, 0.05) is 23.5 Å². The molecule has 21 heavy (non-hydrogen) atoms. The van der Waals surface area contributed by atoms with Crippen molar-refractivity contribution in [2.45, 2.75) is 6.29 Å². The first kappa shape index (κ1) is 13.7. The van der Waals surface area contributed by atoms with E-state index in [1.807, 2.05) is 12.1 Å². The second-order valence-corrected chi connectivity index (χ2v) is 4.74. The number of benzene rings is 1. The Labute approximate surface area is 125 Å². The first-order valence-electron chi connectivity index (χ1n) is 6.13. The van der Waals surface area contributed by atoms with Gasteiger partial charge >= 0.3 is 0 Å². The minimum absolute atomic E-state index is 0.131. The van der Waals surface area contributed by atoms with Gasteiger partial charge in [0.15, 0.2) is 6.29 Å². The number of rotatable bonds is 3. The largest absolute Gasteiger partial charge is 0.363 e. The van der Waals surface area contributed by atoms with Crippen molar-refractivity contribution < 1.29 is 10.2 Å². The summed E-state index contributed by atoms with van der Waals surface area (Å²) in [4.78, 5) is 15.0. The average Bonchev–Trinajstić information content (AvgIpc) is 3.01. The highest BCUT2D eigenvalue weighted by Gasteiger charge is 2.10. The average molecular weight is 303 g/mol. The van der Waals surface area contributed by atoms with Gasteiger partial charge in [-0.3, -0.25) is 0 Å². The summed E-state index contributed by atoms with van der Waals surface area (Å²) in [5.41, 5.74) is 2.22. The van der Waals surface area contributed by atoms with Crippen molar-refractivity contribution >= 4 is 11.6 Å². The third-order valence-corrected chi connectivity index (χ3v) is 3.28. The lowest BCUT2D eigenvalue weighted by molar-refractivity contribution is -0.0458. The van der Waals surface area contributed by atoms with Crippen molar-refractivity contribution in [3.8, 4) is 22.6 Å². The Balaban J connectivity index is 2.01. The van der Waals surface area contributed by atoms with E-state index in [1.54, 1.807) is 18.5 Å². The SMILES string of the molecule is OC(O)c1cc(-c2ccc(-c3ncc[nH]3)c(Cl)c2)ncn1. The van der Waals surface area contributed by atoms with Crippen molar-refractivity contribution in [1.82, 2.24) is 19.9 Å². The monoisotopic (exact) mass is 302 g/mol. The van der Waals surface area contributed by atoms with Crippen molar-refractivity contribution in [3.63, 3.8) is 0 Å². The van der Waals surface area contributed by atoms with Crippen LogP contribution in [0.15, 0.2) is 43.0 Å². The Morgan fingerprint density at radius 1 is 1.10 bits per heavy atom. The van der Waals surface area contributed by atoms with Crippen LogP contribution >= 0.6 is 11.6 Å². The number of hydrogen-bond acceptors (Lipinski definition) is 5. The van der Waals surface area contributed by atoms with Crippen molar-refractivity contribution in [2.75, 3.05) is 0 Å². The Hall–Kier alpha value is -2.28. The molecule has 1 aromatic carbocycles. The van der Waals surface area contributed by atoms with Crippen LogP contribution in [0.4, 0.5) is 0 Å². The second-order valence-electron chi connectivity index (χ2n) is 4.33.